The van der Waals surface area contributed by atoms with E-state index in [-0.39, 0.29) is 5.56 Å². The third kappa shape index (κ3) is 17.2. The standard InChI is InChI=1S/C9H7F5.C7H12ClN.C5H10.C2H6/c1-5-2-6(4-7(10)3-5)9(13,14)8(11)12;1-4-7(8)5-9-6(2)3;1-3-5-4-2;1-2/h2-4,8H,1H3;5H,4H2,1-3H3;3,5H,4H2,1-2H3;1-2H3/b;7-5+;5-3+;. The van der Waals surface area contributed by atoms with Crippen LogP contribution in [0.1, 0.15) is 72.4 Å². The van der Waals surface area contributed by atoms with Gasteiger partial charge in [-0.2, -0.15) is 8.78 Å². The monoisotopic (exact) mass is 455 g/mol. The van der Waals surface area contributed by atoms with Crippen molar-refractivity contribution in [2.45, 2.75) is 80.6 Å². The number of nitrogens with zero attached hydrogens (tertiary/aromatic N) is 1. The zero-order valence-electron chi connectivity index (χ0n) is 19.2. The highest BCUT2D eigenvalue weighted by molar-refractivity contribution is 6.29. The summed E-state index contributed by atoms with van der Waals surface area (Å²) in [6, 6.07) is 2.25. The lowest BCUT2D eigenvalue weighted by molar-refractivity contribution is -0.135. The first-order valence-corrected chi connectivity index (χ1v) is 10.2. The fourth-order valence-corrected chi connectivity index (χ4v) is 1.63. The molecule has 7 heteroatoms. The Morgan fingerprint density at radius 1 is 1.13 bits per heavy atom. The molecule has 30 heavy (non-hydrogen) atoms. The summed E-state index contributed by atoms with van der Waals surface area (Å²) in [6.45, 7) is 15.4. The zero-order chi connectivity index (χ0) is 24.3. The number of alkyl halides is 4. The third-order valence-corrected chi connectivity index (χ3v) is 3.34. The van der Waals surface area contributed by atoms with Crippen molar-refractivity contribution in [3.63, 3.8) is 0 Å². The topological polar surface area (TPSA) is 12.4 Å². The van der Waals surface area contributed by atoms with E-state index in [2.05, 4.69) is 24.1 Å². The number of benzene rings is 1. The lowest BCUT2D eigenvalue weighted by Crippen LogP contribution is -2.23. The van der Waals surface area contributed by atoms with E-state index in [1.54, 1.807) is 6.20 Å². The van der Waals surface area contributed by atoms with Crippen LogP contribution in [-0.2, 0) is 5.92 Å². The van der Waals surface area contributed by atoms with Crippen molar-refractivity contribution in [1.29, 1.82) is 0 Å². The van der Waals surface area contributed by atoms with Gasteiger partial charge in [0.15, 0.2) is 0 Å². The molecule has 1 nitrogen and oxygen atoms in total. The van der Waals surface area contributed by atoms with Crippen LogP contribution in [0.4, 0.5) is 22.0 Å². The summed E-state index contributed by atoms with van der Waals surface area (Å²) in [5.41, 5.74) is 0.215. The maximum atomic E-state index is 12.7. The quantitative estimate of drug-likeness (QED) is 0.238. The van der Waals surface area contributed by atoms with Gasteiger partial charge >= 0.3 is 12.3 Å². The second-order valence-electron chi connectivity index (χ2n) is 5.92. The van der Waals surface area contributed by atoms with Crippen molar-refractivity contribution in [2.75, 3.05) is 0 Å². The molecule has 0 bridgehead atoms. The summed E-state index contributed by atoms with van der Waals surface area (Å²) in [5.74, 6) is -5.24. The Balaban J connectivity index is -0.000000392. The van der Waals surface area contributed by atoms with Crippen molar-refractivity contribution < 1.29 is 22.0 Å². The summed E-state index contributed by atoms with van der Waals surface area (Å²) in [7, 11) is 0. The Hall–Kier alpha value is -1.69. The first-order chi connectivity index (χ1) is 13.9. The predicted molar refractivity (Wildman–Crippen MR) is 120 cm³/mol. The van der Waals surface area contributed by atoms with Gasteiger partial charge in [-0.15, -0.1) is 0 Å². The molecule has 0 radical (unpaired) electrons. The van der Waals surface area contributed by atoms with Crippen LogP contribution in [0.5, 0.6) is 0 Å². The molecule has 0 N–H and O–H groups in total. The molecular formula is C23H35ClF5N. The molecule has 0 saturated heterocycles. The van der Waals surface area contributed by atoms with Crippen LogP contribution < -0.4 is 0 Å². The van der Waals surface area contributed by atoms with E-state index in [0.29, 0.717) is 6.07 Å². The highest BCUT2D eigenvalue weighted by Gasteiger charge is 2.42. The molecule has 1 aromatic rings. The molecule has 0 aromatic heterocycles. The summed E-state index contributed by atoms with van der Waals surface area (Å²) < 4.78 is 61.9. The average molecular weight is 456 g/mol. The first-order valence-electron chi connectivity index (χ1n) is 9.82. The SMILES string of the molecule is C/C=C/CC.CC.CC/C(Cl)=C\N=C(C)C.Cc1cc(F)cc(C(F)(F)C(F)F)c1. The molecule has 1 aromatic carbocycles. The second-order valence-corrected chi connectivity index (χ2v) is 6.41. The molecule has 0 aliphatic rings. The van der Waals surface area contributed by atoms with Crippen LogP contribution >= 0.6 is 11.6 Å². The number of halogens is 6. The van der Waals surface area contributed by atoms with Crippen molar-refractivity contribution >= 4 is 17.3 Å². The summed E-state index contributed by atoms with van der Waals surface area (Å²) >= 11 is 5.66. The molecule has 0 unspecified atom stereocenters. The number of aliphatic imine (C=N–C) groups is 1. The van der Waals surface area contributed by atoms with Crippen molar-refractivity contribution in [1.82, 2.24) is 0 Å². The Kier molecular flexibility index (Phi) is 21.2. The van der Waals surface area contributed by atoms with Crippen LogP contribution in [0.2, 0.25) is 0 Å². The second kappa shape index (κ2) is 19.3. The van der Waals surface area contributed by atoms with Gasteiger partial charge in [0, 0.05) is 22.5 Å². The Labute approximate surface area is 183 Å². The van der Waals surface area contributed by atoms with Crippen LogP contribution in [-0.4, -0.2) is 12.1 Å². The minimum atomic E-state index is -4.30. The fraction of sp³-hybridized carbons (Fsp3) is 0.522. The van der Waals surface area contributed by atoms with Crippen LogP contribution in [0.3, 0.4) is 0 Å². The van der Waals surface area contributed by atoms with Gasteiger partial charge in [-0.1, -0.05) is 51.4 Å². The minimum Gasteiger partial charge on any atom is -0.265 e. The summed E-state index contributed by atoms with van der Waals surface area (Å²) in [5, 5.41) is 0.802. The highest BCUT2D eigenvalue weighted by Crippen LogP contribution is 2.35. The van der Waals surface area contributed by atoms with Crippen molar-refractivity contribution in [2.24, 2.45) is 4.99 Å². The van der Waals surface area contributed by atoms with E-state index in [9.17, 15) is 22.0 Å². The minimum absolute atomic E-state index is 0.181. The van der Waals surface area contributed by atoms with E-state index in [1.165, 1.54) is 6.92 Å². The highest BCUT2D eigenvalue weighted by atomic mass is 35.5. The van der Waals surface area contributed by atoms with Crippen LogP contribution in [0.15, 0.2) is 46.6 Å². The molecule has 0 atom stereocenters. The summed E-state index contributed by atoms with van der Waals surface area (Å²) in [4.78, 5) is 4.02. The van der Waals surface area contributed by atoms with Gasteiger partial charge < -0.3 is 0 Å². The van der Waals surface area contributed by atoms with Gasteiger partial charge in [0.05, 0.1) is 0 Å². The van der Waals surface area contributed by atoms with E-state index in [1.807, 2.05) is 41.5 Å². The van der Waals surface area contributed by atoms with E-state index in [0.717, 1.165) is 35.7 Å². The predicted octanol–water partition coefficient (Wildman–Crippen LogP) is 9.45. The molecular weight excluding hydrogens is 421 g/mol. The van der Waals surface area contributed by atoms with Crippen LogP contribution in [0.25, 0.3) is 0 Å². The Morgan fingerprint density at radius 2 is 1.67 bits per heavy atom. The largest absolute Gasteiger partial charge is 0.332 e. The molecule has 174 valence electrons. The third-order valence-electron chi connectivity index (χ3n) is 2.97. The Bertz CT molecular complexity index is 629. The molecule has 0 aliphatic carbocycles. The maximum Gasteiger partial charge on any atom is 0.332 e. The zero-order valence-corrected chi connectivity index (χ0v) is 19.9. The smallest absolute Gasteiger partial charge is 0.265 e. The number of aryl methyl sites for hydroxylation is 1. The molecule has 0 spiro atoms. The first kappa shape index (κ1) is 33.0. The van der Waals surface area contributed by atoms with Crippen molar-refractivity contribution in [3.05, 3.63) is 58.5 Å². The lowest BCUT2D eigenvalue weighted by Gasteiger charge is -2.15. The van der Waals surface area contributed by atoms with Gasteiger partial charge in [0.1, 0.15) is 5.82 Å². The van der Waals surface area contributed by atoms with Gasteiger partial charge in [-0.3, -0.25) is 4.99 Å². The lowest BCUT2D eigenvalue weighted by atomic mass is 10.1. The average Bonchev–Trinajstić information content (AvgIpc) is 2.68. The van der Waals surface area contributed by atoms with Crippen molar-refractivity contribution in [3.8, 4) is 0 Å². The number of rotatable bonds is 5. The van der Waals surface area contributed by atoms with E-state index >= 15 is 0 Å². The van der Waals surface area contributed by atoms with Crippen LogP contribution in [0, 0.1) is 12.7 Å². The number of allylic oxidation sites excluding steroid dienone is 3. The van der Waals surface area contributed by atoms with Gasteiger partial charge in [-0.25, -0.2) is 13.2 Å². The van der Waals surface area contributed by atoms with E-state index in [4.69, 9.17) is 11.6 Å². The summed E-state index contributed by atoms with van der Waals surface area (Å²) in [6.07, 6.45) is 4.06. The molecule has 0 fully saturated rings. The number of hydrogen-bond acceptors (Lipinski definition) is 1. The molecule has 0 aliphatic heterocycles. The number of hydrogen-bond donors (Lipinski definition) is 0. The van der Waals surface area contributed by atoms with Gasteiger partial charge in [-0.05, 0) is 64.3 Å². The van der Waals surface area contributed by atoms with Gasteiger partial charge in [0.25, 0.3) is 0 Å². The fourth-order valence-electron chi connectivity index (χ4n) is 1.58. The molecule has 1 rings (SSSR count). The maximum absolute atomic E-state index is 12.7. The molecule has 0 heterocycles. The molecule has 0 saturated carbocycles. The Morgan fingerprint density at radius 3 is 1.97 bits per heavy atom. The molecule has 0 amide bonds. The van der Waals surface area contributed by atoms with E-state index < -0.39 is 23.7 Å². The van der Waals surface area contributed by atoms with Gasteiger partial charge in [0.2, 0.25) is 0 Å². The normalized spacial score (nSPS) is 11.0.